The molecular weight excluding hydrogens is 274 g/mol. The molecule has 0 aromatic carbocycles. The maximum absolute atomic E-state index is 12.0. The second kappa shape index (κ2) is 6.79. The minimum atomic E-state index is -1.19. The van der Waals surface area contributed by atoms with Crippen LogP contribution in [0.5, 0.6) is 0 Å². The molecule has 1 rings (SSSR count). The van der Waals surface area contributed by atoms with E-state index in [1.54, 1.807) is 13.0 Å². The normalized spacial score (nSPS) is 11.8. The number of aromatic nitrogens is 1. The molecule has 1 atom stereocenters. The van der Waals surface area contributed by atoms with E-state index < -0.39 is 24.3 Å². The second-order valence-electron chi connectivity index (χ2n) is 4.95. The summed E-state index contributed by atoms with van der Waals surface area (Å²) in [6, 6.07) is 1.70. The summed E-state index contributed by atoms with van der Waals surface area (Å²) >= 11 is 0. The van der Waals surface area contributed by atoms with Crippen LogP contribution in [0.3, 0.4) is 0 Å². The van der Waals surface area contributed by atoms with E-state index in [0.29, 0.717) is 11.5 Å². The summed E-state index contributed by atoms with van der Waals surface area (Å²) in [7, 11) is 0. The second-order valence-corrected chi connectivity index (χ2v) is 4.95. The molecule has 0 amide bonds. The largest absolute Gasteiger partial charge is 0.454 e. The lowest BCUT2D eigenvalue weighted by atomic mass is 10.0. The zero-order chi connectivity index (χ0) is 16.2. The number of aryl methyl sites for hydroxylation is 1. The third kappa shape index (κ3) is 3.75. The number of nitrogens with zero attached hydrogens (tertiary/aromatic N) is 2. The first-order valence-electron chi connectivity index (χ1n) is 6.40. The molecule has 0 aliphatic rings. The summed E-state index contributed by atoms with van der Waals surface area (Å²) in [5.74, 6) is -2.19. The van der Waals surface area contributed by atoms with Crippen LogP contribution < -0.4 is 0 Å². The van der Waals surface area contributed by atoms with Crippen molar-refractivity contribution >= 4 is 17.5 Å². The van der Waals surface area contributed by atoms with Crippen LogP contribution >= 0.6 is 0 Å². The Morgan fingerprint density at radius 3 is 2.57 bits per heavy atom. The van der Waals surface area contributed by atoms with E-state index in [1.807, 2.05) is 13.8 Å². The molecular formula is C14H17N3O4. The third-order valence-corrected chi connectivity index (χ3v) is 2.85. The Hall–Kier alpha value is -2.49. The molecule has 0 bridgehead atoms. The molecule has 7 heteroatoms. The number of ketones is 1. The number of Topliss-reactive ketones (excluding diaryl/α,β-unsaturated/α-hetero) is 1. The van der Waals surface area contributed by atoms with E-state index >= 15 is 0 Å². The van der Waals surface area contributed by atoms with Gasteiger partial charge < -0.3 is 14.7 Å². The summed E-state index contributed by atoms with van der Waals surface area (Å²) in [5.41, 5.74) is 0.511. The van der Waals surface area contributed by atoms with Crippen molar-refractivity contribution in [2.75, 3.05) is 6.61 Å². The molecule has 1 heterocycles. The molecule has 0 spiro atoms. The number of esters is 1. The summed E-state index contributed by atoms with van der Waals surface area (Å²) in [4.78, 5) is 23.7. The summed E-state index contributed by atoms with van der Waals surface area (Å²) < 4.78 is 9.99. The first kappa shape index (κ1) is 16.6. The molecule has 0 saturated carbocycles. The minimum Gasteiger partial charge on any atom is -0.454 e. The Morgan fingerprint density at radius 2 is 2.10 bits per heavy atom. The van der Waals surface area contributed by atoms with Crippen molar-refractivity contribution in [3.8, 4) is 6.07 Å². The molecule has 1 aromatic rings. The van der Waals surface area contributed by atoms with E-state index in [9.17, 15) is 9.59 Å². The van der Waals surface area contributed by atoms with Crippen LogP contribution in [0.4, 0.5) is 0 Å². The average Bonchev–Trinajstić information content (AvgIpc) is 2.78. The number of hydrogen-bond acceptors (Lipinski definition) is 7. The van der Waals surface area contributed by atoms with E-state index in [1.165, 1.54) is 6.92 Å². The molecule has 1 aromatic heterocycles. The molecule has 112 valence electrons. The van der Waals surface area contributed by atoms with Gasteiger partial charge in [-0.15, -0.1) is 0 Å². The predicted octanol–water partition coefficient (Wildman–Crippen LogP) is 2.01. The smallest absolute Gasteiger partial charge is 0.344 e. The Kier molecular flexibility index (Phi) is 5.36. The number of ether oxygens (including phenoxy) is 1. The molecule has 0 radical (unpaired) electrons. The maximum Gasteiger partial charge on any atom is 0.344 e. The summed E-state index contributed by atoms with van der Waals surface area (Å²) in [5, 5.41) is 19.8. The molecule has 0 fully saturated rings. The Labute approximate surface area is 122 Å². The zero-order valence-electron chi connectivity index (χ0n) is 12.4. The summed E-state index contributed by atoms with van der Waals surface area (Å²) in [6.45, 7) is 6.08. The van der Waals surface area contributed by atoms with Crippen LogP contribution in [0, 0.1) is 29.6 Å². The highest BCUT2D eigenvalue weighted by atomic mass is 16.5. The van der Waals surface area contributed by atoms with E-state index in [-0.39, 0.29) is 17.2 Å². The standard InChI is InChI=1S/C14H17N3O4/c1-7(2)13-12(9(4)17-21-13)14(19)20-6-11(18)10(5-15)8(3)16/h7,10,16H,6H2,1-4H3/t10-/m0/s1. The number of nitriles is 1. The molecule has 1 N–H and O–H groups in total. The first-order valence-corrected chi connectivity index (χ1v) is 6.40. The van der Waals surface area contributed by atoms with Gasteiger partial charge in [-0.1, -0.05) is 19.0 Å². The van der Waals surface area contributed by atoms with Crippen molar-refractivity contribution in [2.24, 2.45) is 5.92 Å². The van der Waals surface area contributed by atoms with Gasteiger partial charge >= 0.3 is 5.97 Å². The highest BCUT2D eigenvalue weighted by Crippen LogP contribution is 2.23. The fraction of sp³-hybridized carbons (Fsp3) is 0.500. The van der Waals surface area contributed by atoms with Gasteiger partial charge in [0.1, 0.15) is 11.5 Å². The average molecular weight is 291 g/mol. The van der Waals surface area contributed by atoms with Crippen LogP contribution in [0.15, 0.2) is 4.52 Å². The van der Waals surface area contributed by atoms with Gasteiger partial charge in [0.25, 0.3) is 0 Å². The molecule has 7 nitrogen and oxygen atoms in total. The molecule has 0 aliphatic heterocycles. The van der Waals surface area contributed by atoms with E-state index in [2.05, 4.69) is 5.16 Å². The monoisotopic (exact) mass is 291 g/mol. The fourth-order valence-electron chi connectivity index (χ4n) is 1.73. The van der Waals surface area contributed by atoms with Crippen molar-refractivity contribution in [3.05, 3.63) is 17.0 Å². The predicted molar refractivity (Wildman–Crippen MR) is 73.1 cm³/mol. The zero-order valence-corrected chi connectivity index (χ0v) is 12.4. The lowest BCUT2D eigenvalue weighted by molar-refractivity contribution is -0.122. The van der Waals surface area contributed by atoms with Gasteiger partial charge in [-0.25, -0.2) is 4.79 Å². The lowest BCUT2D eigenvalue weighted by Gasteiger charge is -2.08. The fourth-order valence-corrected chi connectivity index (χ4v) is 1.73. The van der Waals surface area contributed by atoms with Crippen LogP contribution in [0.25, 0.3) is 0 Å². The van der Waals surface area contributed by atoms with Crippen LogP contribution in [-0.2, 0) is 9.53 Å². The summed E-state index contributed by atoms with van der Waals surface area (Å²) in [6.07, 6.45) is 0. The van der Waals surface area contributed by atoms with Crippen LogP contribution in [0.2, 0.25) is 0 Å². The third-order valence-electron chi connectivity index (χ3n) is 2.85. The number of carbonyl (C=O) groups is 2. The van der Waals surface area contributed by atoms with E-state index in [4.69, 9.17) is 19.9 Å². The Morgan fingerprint density at radius 1 is 1.48 bits per heavy atom. The van der Waals surface area contributed by atoms with Gasteiger partial charge in [-0.3, -0.25) is 4.79 Å². The van der Waals surface area contributed by atoms with Crippen LogP contribution in [0.1, 0.15) is 48.5 Å². The number of nitrogens with one attached hydrogen (secondary N) is 1. The van der Waals surface area contributed by atoms with Gasteiger partial charge in [-0.2, -0.15) is 5.26 Å². The van der Waals surface area contributed by atoms with Gasteiger partial charge in [0.15, 0.2) is 18.2 Å². The van der Waals surface area contributed by atoms with Crippen LogP contribution in [-0.4, -0.2) is 29.2 Å². The highest BCUT2D eigenvalue weighted by Gasteiger charge is 2.26. The van der Waals surface area contributed by atoms with Crippen molar-refractivity contribution in [3.63, 3.8) is 0 Å². The van der Waals surface area contributed by atoms with Gasteiger partial charge in [0, 0.05) is 11.6 Å². The topological polar surface area (TPSA) is 117 Å². The number of hydrogen-bond donors (Lipinski definition) is 1. The van der Waals surface area contributed by atoms with Gasteiger partial charge in [-0.05, 0) is 13.8 Å². The number of carbonyl (C=O) groups excluding carboxylic acids is 2. The van der Waals surface area contributed by atoms with E-state index in [0.717, 1.165) is 0 Å². The quantitative estimate of drug-likeness (QED) is 0.632. The van der Waals surface area contributed by atoms with Gasteiger partial charge in [0.05, 0.1) is 11.8 Å². The lowest BCUT2D eigenvalue weighted by Crippen LogP contribution is -2.25. The van der Waals surface area contributed by atoms with Crippen molar-refractivity contribution < 1.29 is 18.8 Å². The highest BCUT2D eigenvalue weighted by molar-refractivity contribution is 6.06. The first-order chi connectivity index (χ1) is 9.79. The number of rotatable bonds is 6. The Bertz CT molecular complexity index is 610. The molecule has 0 unspecified atom stereocenters. The molecule has 0 saturated heterocycles. The maximum atomic E-state index is 12.0. The van der Waals surface area contributed by atoms with Crippen molar-refractivity contribution in [2.45, 2.75) is 33.6 Å². The minimum absolute atomic E-state index is 0.0554. The van der Waals surface area contributed by atoms with Crippen molar-refractivity contribution in [1.82, 2.24) is 5.16 Å². The van der Waals surface area contributed by atoms with Gasteiger partial charge in [0.2, 0.25) is 0 Å². The molecule has 0 aliphatic carbocycles. The Balaban J connectivity index is 2.80. The SMILES string of the molecule is CC(=N)[C@H](C#N)C(=O)COC(=O)c1c(C)noc1C(C)C. The van der Waals surface area contributed by atoms with Crippen molar-refractivity contribution in [1.29, 1.82) is 10.7 Å². The molecule has 21 heavy (non-hydrogen) atoms.